The van der Waals surface area contributed by atoms with Crippen LogP contribution in [0.3, 0.4) is 0 Å². The summed E-state index contributed by atoms with van der Waals surface area (Å²) < 4.78 is 2.03. The van der Waals surface area contributed by atoms with Gasteiger partial charge in [-0.2, -0.15) is 10.5 Å². The molecule has 0 atom stereocenters. The number of anilines is 2. The highest BCUT2D eigenvalue weighted by Crippen LogP contribution is 2.24. The van der Waals surface area contributed by atoms with Crippen LogP contribution in [-0.2, 0) is 13.6 Å². The summed E-state index contributed by atoms with van der Waals surface area (Å²) in [5.41, 5.74) is 6.54. The van der Waals surface area contributed by atoms with E-state index in [1.807, 2.05) is 65.0 Å². The van der Waals surface area contributed by atoms with Crippen molar-refractivity contribution in [3.05, 3.63) is 82.7 Å². The second-order valence-corrected chi connectivity index (χ2v) is 10.0. The second-order valence-electron chi connectivity index (χ2n) is 10.0. The number of benzene rings is 2. The summed E-state index contributed by atoms with van der Waals surface area (Å²) >= 11 is 0. The summed E-state index contributed by atoms with van der Waals surface area (Å²) in [6.07, 6.45) is 0. The van der Waals surface area contributed by atoms with Crippen molar-refractivity contribution in [1.29, 1.82) is 10.5 Å². The maximum atomic E-state index is 13.5. The molecule has 2 saturated heterocycles. The Hall–Kier alpha value is -4.27. The van der Waals surface area contributed by atoms with E-state index in [-0.39, 0.29) is 5.91 Å². The number of hydrogen-bond donors (Lipinski definition) is 0. The van der Waals surface area contributed by atoms with Crippen LogP contribution in [0.5, 0.6) is 0 Å². The van der Waals surface area contributed by atoms with Crippen molar-refractivity contribution in [3.8, 4) is 12.1 Å². The number of carbonyl (C=O) groups excluding carboxylic acids is 1. The van der Waals surface area contributed by atoms with E-state index >= 15 is 0 Å². The van der Waals surface area contributed by atoms with Crippen LogP contribution in [0, 0.1) is 29.6 Å². The van der Waals surface area contributed by atoms with E-state index in [2.05, 4.69) is 39.8 Å². The van der Waals surface area contributed by atoms with Gasteiger partial charge < -0.3 is 19.3 Å². The van der Waals surface area contributed by atoms with Crippen LogP contribution in [0.4, 0.5) is 11.4 Å². The number of nitrogens with zero attached hydrogens (tertiary/aromatic N) is 7. The molecule has 3 heterocycles. The van der Waals surface area contributed by atoms with Crippen LogP contribution in [0.25, 0.3) is 0 Å². The smallest absolute Gasteiger partial charge is 0.270 e. The van der Waals surface area contributed by atoms with Gasteiger partial charge in [0.1, 0.15) is 11.8 Å². The zero-order chi connectivity index (χ0) is 26.6. The molecule has 0 bridgehead atoms. The highest BCUT2D eigenvalue weighted by atomic mass is 16.2. The predicted octanol–water partition coefficient (Wildman–Crippen LogP) is 3.36. The summed E-state index contributed by atoms with van der Waals surface area (Å²) in [5, 5.41) is 18.5. The van der Waals surface area contributed by atoms with E-state index in [1.54, 1.807) is 0 Å². The number of amides is 1. The van der Waals surface area contributed by atoms with Gasteiger partial charge in [0.2, 0.25) is 0 Å². The fraction of sp³-hybridized carbons (Fsp3) is 0.367. The summed E-state index contributed by atoms with van der Waals surface area (Å²) in [4.78, 5) is 22.4. The highest BCUT2D eigenvalue weighted by Gasteiger charge is 2.26. The number of piperazine rings is 2. The Morgan fingerprint density at radius 1 is 0.842 bits per heavy atom. The zero-order valence-corrected chi connectivity index (χ0v) is 22.1. The van der Waals surface area contributed by atoms with Crippen molar-refractivity contribution in [2.45, 2.75) is 13.5 Å². The Kier molecular flexibility index (Phi) is 7.35. The third-order valence-electron chi connectivity index (χ3n) is 7.92. The first-order valence-corrected chi connectivity index (χ1v) is 13.1. The van der Waals surface area contributed by atoms with E-state index < -0.39 is 0 Å². The molecule has 0 radical (unpaired) electrons. The first-order valence-electron chi connectivity index (χ1n) is 13.1. The molecule has 0 aliphatic carbocycles. The van der Waals surface area contributed by atoms with Crippen LogP contribution in [0.2, 0.25) is 0 Å². The normalized spacial score (nSPS) is 16.3. The maximum Gasteiger partial charge on any atom is 0.270 e. The summed E-state index contributed by atoms with van der Waals surface area (Å²) in [7, 11) is 1.98. The zero-order valence-electron chi connectivity index (χ0n) is 22.1. The lowest BCUT2D eigenvalue weighted by Crippen LogP contribution is -2.49. The third-order valence-corrected chi connectivity index (χ3v) is 7.92. The molecule has 0 unspecified atom stereocenters. The molecular weight excluding hydrogens is 474 g/mol. The van der Waals surface area contributed by atoms with Gasteiger partial charge in [0, 0.05) is 77.3 Å². The monoisotopic (exact) mass is 507 g/mol. The topological polar surface area (TPSA) is 82.5 Å². The van der Waals surface area contributed by atoms with E-state index in [1.165, 1.54) is 5.56 Å². The summed E-state index contributed by atoms with van der Waals surface area (Å²) in [6, 6.07) is 22.0. The Morgan fingerprint density at radius 2 is 1.50 bits per heavy atom. The molecule has 8 heteroatoms. The number of hydrogen-bond acceptors (Lipinski definition) is 6. The Bertz CT molecular complexity index is 1380. The Balaban J connectivity index is 1.19. The van der Waals surface area contributed by atoms with Crippen molar-refractivity contribution in [2.75, 3.05) is 62.2 Å². The summed E-state index contributed by atoms with van der Waals surface area (Å²) in [5.74, 6) is 0.0826. The van der Waals surface area contributed by atoms with Gasteiger partial charge in [-0.15, -0.1) is 0 Å². The van der Waals surface area contributed by atoms with E-state index in [0.717, 1.165) is 74.1 Å². The molecule has 3 aromatic rings. The van der Waals surface area contributed by atoms with Gasteiger partial charge in [-0.25, -0.2) is 0 Å². The van der Waals surface area contributed by atoms with Crippen molar-refractivity contribution in [1.82, 2.24) is 14.4 Å². The number of para-hydroxylation sites is 1. The molecule has 2 aliphatic rings. The lowest BCUT2D eigenvalue weighted by Gasteiger charge is -2.36. The van der Waals surface area contributed by atoms with Crippen molar-refractivity contribution in [3.63, 3.8) is 0 Å². The fourth-order valence-electron chi connectivity index (χ4n) is 5.44. The van der Waals surface area contributed by atoms with E-state index in [0.29, 0.717) is 18.7 Å². The van der Waals surface area contributed by atoms with Crippen molar-refractivity contribution >= 4 is 17.3 Å². The average molecular weight is 508 g/mol. The molecular formula is C30H33N7O. The van der Waals surface area contributed by atoms with Crippen LogP contribution in [-0.4, -0.2) is 72.6 Å². The molecule has 2 aliphatic heterocycles. The number of carbonyl (C=O) groups is 1. The molecule has 1 amide bonds. The molecule has 0 N–H and O–H groups in total. The lowest BCUT2D eigenvalue weighted by atomic mass is 10.1. The standard InChI is InChI=1S/C30H33N7O/c1-23-26(22-34-11-13-36(14-12-34)28-6-4-3-5-25(28)21-32)19-29(33(23)2)30(38)37-17-15-35(16-18-37)27-9-7-24(20-31)8-10-27/h3-10,19H,11-18,22H2,1-2H3. The lowest BCUT2D eigenvalue weighted by molar-refractivity contribution is 0.0737. The van der Waals surface area contributed by atoms with Crippen LogP contribution >= 0.6 is 0 Å². The molecule has 2 aromatic carbocycles. The Morgan fingerprint density at radius 3 is 2.16 bits per heavy atom. The molecule has 8 nitrogen and oxygen atoms in total. The maximum absolute atomic E-state index is 13.5. The van der Waals surface area contributed by atoms with Gasteiger partial charge in [-0.3, -0.25) is 9.69 Å². The van der Waals surface area contributed by atoms with Crippen LogP contribution in [0.1, 0.15) is 32.9 Å². The first-order chi connectivity index (χ1) is 18.5. The quantitative estimate of drug-likeness (QED) is 0.527. The highest BCUT2D eigenvalue weighted by molar-refractivity contribution is 5.93. The fourth-order valence-corrected chi connectivity index (χ4v) is 5.44. The molecule has 1 aromatic heterocycles. The van der Waals surface area contributed by atoms with Gasteiger partial charge in [0.25, 0.3) is 5.91 Å². The van der Waals surface area contributed by atoms with E-state index in [4.69, 9.17) is 5.26 Å². The Labute approximate surface area is 224 Å². The van der Waals surface area contributed by atoms with Crippen molar-refractivity contribution in [2.24, 2.45) is 7.05 Å². The van der Waals surface area contributed by atoms with Gasteiger partial charge in [0.15, 0.2) is 0 Å². The number of aromatic nitrogens is 1. The van der Waals surface area contributed by atoms with Gasteiger partial charge in [0.05, 0.1) is 22.9 Å². The summed E-state index contributed by atoms with van der Waals surface area (Å²) in [6.45, 7) is 9.36. The average Bonchev–Trinajstić information content (AvgIpc) is 3.25. The molecule has 2 fully saturated rings. The van der Waals surface area contributed by atoms with Crippen molar-refractivity contribution < 1.29 is 4.79 Å². The SMILES string of the molecule is Cc1c(CN2CCN(c3ccccc3C#N)CC2)cc(C(=O)N2CCN(c3ccc(C#N)cc3)CC2)n1C. The van der Waals surface area contributed by atoms with Gasteiger partial charge >= 0.3 is 0 Å². The first kappa shape index (κ1) is 25.4. The third kappa shape index (κ3) is 5.09. The molecule has 5 rings (SSSR count). The molecule has 0 saturated carbocycles. The number of rotatable bonds is 5. The minimum Gasteiger partial charge on any atom is -0.368 e. The minimum atomic E-state index is 0.0826. The molecule has 38 heavy (non-hydrogen) atoms. The van der Waals surface area contributed by atoms with Crippen LogP contribution in [0.15, 0.2) is 54.6 Å². The molecule has 194 valence electrons. The predicted molar refractivity (Wildman–Crippen MR) is 148 cm³/mol. The van der Waals surface area contributed by atoms with Gasteiger partial charge in [-0.05, 0) is 55.0 Å². The second kappa shape index (κ2) is 11.0. The van der Waals surface area contributed by atoms with Gasteiger partial charge in [-0.1, -0.05) is 12.1 Å². The minimum absolute atomic E-state index is 0.0826. The van der Waals surface area contributed by atoms with E-state index in [9.17, 15) is 10.1 Å². The largest absolute Gasteiger partial charge is 0.368 e. The van der Waals surface area contributed by atoms with Crippen LogP contribution < -0.4 is 9.80 Å². The molecule has 0 spiro atoms. The number of nitriles is 2.